The van der Waals surface area contributed by atoms with E-state index in [1.54, 1.807) is 18.4 Å². The van der Waals surface area contributed by atoms with Crippen LogP contribution < -0.4 is 10.1 Å². The van der Waals surface area contributed by atoms with Gasteiger partial charge in [-0.1, -0.05) is 29.8 Å². The minimum absolute atomic E-state index is 0.106. The summed E-state index contributed by atoms with van der Waals surface area (Å²) in [4.78, 5) is 22.3. The fourth-order valence-electron chi connectivity index (χ4n) is 3.57. The Morgan fingerprint density at radius 1 is 1.09 bits per heavy atom. The van der Waals surface area contributed by atoms with Crippen LogP contribution in [0.5, 0.6) is 5.75 Å². The Morgan fingerprint density at radius 3 is 2.59 bits per heavy atom. The Bertz CT molecular complexity index is 1300. The van der Waals surface area contributed by atoms with E-state index < -0.39 is 0 Å². The van der Waals surface area contributed by atoms with Gasteiger partial charge >= 0.3 is 0 Å². The van der Waals surface area contributed by atoms with E-state index in [9.17, 15) is 4.79 Å². The number of thioether (sulfide) groups is 1. The van der Waals surface area contributed by atoms with E-state index in [1.165, 1.54) is 17.3 Å². The molecule has 0 spiro atoms. The molecule has 1 aromatic heterocycles. The number of hydrogen-bond donors (Lipinski definition) is 1. The van der Waals surface area contributed by atoms with Crippen LogP contribution in [0.2, 0.25) is 0 Å². The molecule has 0 radical (unpaired) electrons. The van der Waals surface area contributed by atoms with Gasteiger partial charge in [0.1, 0.15) is 10.8 Å². The number of aliphatic imine (C=N–C) groups is 1. The maximum atomic E-state index is 12.6. The van der Waals surface area contributed by atoms with E-state index >= 15 is 0 Å². The number of nitrogens with one attached hydrogen (secondary N) is 1. The number of rotatable bonds is 7. The third-order valence-corrected chi connectivity index (χ3v) is 7.57. The van der Waals surface area contributed by atoms with Crippen molar-refractivity contribution in [2.45, 2.75) is 18.4 Å². The summed E-state index contributed by atoms with van der Waals surface area (Å²) in [5.74, 6) is 1.45. The maximum Gasteiger partial charge on any atom is 0.234 e. The summed E-state index contributed by atoms with van der Waals surface area (Å²) in [7, 11) is 1.61. The number of thiazole rings is 1. The summed E-state index contributed by atoms with van der Waals surface area (Å²) in [6, 6.07) is 23.1. The van der Waals surface area contributed by atoms with Crippen LogP contribution in [0.15, 0.2) is 77.8 Å². The van der Waals surface area contributed by atoms with Crippen molar-refractivity contribution < 1.29 is 14.3 Å². The van der Waals surface area contributed by atoms with Gasteiger partial charge in [-0.3, -0.25) is 4.79 Å². The van der Waals surface area contributed by atoms with Gasteiger partial charge in [-0.15, -0.1) is 23.1 Å². The molecule has 0 fully saturated rings. The molecule has 1 amide bonds. The summed E-state index contributed by atoms with van der Waals surface area (Å²) in [6.45, 7) is 2.05. The number of aryl methyl sites for hydroxylation is 1. The first kappa shape index (κ1) is 22.4. The maximum absolute atomic E-state index is 12.6. The minimum atomic E-state index is -0.349. The molecule has 1 aliphatic rings. The van der Waals surface area contributed by atoms with Crippen LogP contribution in [0.3, 0.4) is 0 Å². The number of carbonyl (C=O) groups excluding carboxylic acids is 1. The summed E-state index contributed by atoms with van der Waals surface area (Å²) in [5.41, 5.74) is 3.41. The molecule has 172 valence electrons. The minimum Gasteiger partial charge on any atom is -0.497 e. The first-order chi connectivity index (χ1) is 16.6. The average Bonchev–Trinajstić information content (AvgIpc) is 3.48. The van der Waals surface area contributed by atoms with Gasteiger partial charge in [0.15, 0.2) is 11.5 Å². The van der Waals surface area contributed by atoms with Crippen molar-refractivity contribution in [1.82, 2.24) is 4.98 Å². The number of ether oxygens (including phenoxy) is 2. The summed E-state index contributed by atoms with van der Waals surface area (Å²) in [6.07, 6.45) is 0. The molecular weight excluding hydrogens is 466 g/mol. The van der Waals surface area contributed by atoms with Crippen LogP contribution in [0, 0.1) is 6.92 Å². The molecule has 1 N–H and O–H groups in total. The van der Waals surface area contributed by atoms with Crippen molar-refractivity contribution in [2.24, 2.45) is 4.99 Å². The predicted molar refractivity (Wildman–Crippen MR) is 139 cm³/mol. The van der Waals surface area contributed by atoms with Crippen molar-refractivity contribution in [3.63, 3.8) is 0 Å². The normalized spacial score (nSPS) is 17.3. The highest BCUT2D eigenvalue weighted by atomic mass is 32.2. The van der Waals surface area contributed by atoms with E-state index in [4.69, 9.17) is 19.5 Å². The van der Waals surface area contributed by atoms with Crippen molar-refractivity contribution in [2.75, 3.05) is 18.2 Å². The Hall–Kier alpha value is -3.36. The molecule has 6 nitrogen and oxygen atoms in total. The molecule has 34 heavy (non-hydrogen) atoms. The number of para-hydroxylation sites is 1. The van der Waals surface area contributed by atoms with Crippen LogP contribution >= 0.6 is 23.1 Å². The quantitative estimate of drug-likeness (QED) is 0.354. The lowest BCUT2D eigenvalue weighted by Crippen LogP contribution is -2.19. The third kappa shape index (κ3) is 4.93. The molecule has 0 unspecified atom stereocenters. The molecule has 2 atom stereocenters. The van der Waals surface area contributed by atoms with Crippen molar-refractivity contribution in [3.05, 3.63) is 88.9 Å². The largest absolute Gasteiger partial charge is 0.497 e. The van der Waals surface area contributed by atoms with Crippen molar-refractivity contribution >= 4 is 50.8 Å². The smallest absolute Gasteiger partial charge is 0.234 e. The van der Waals surface area contributed by atoms with Crippen molar-refractivity contribution in [3.8, 4) is 5.75 Å². The molecule has 5 rings (SSSR count). The number of methoxy groups -OCH3 is 1. The monoisotopic (exact) mass is 489 g/mol. The number of aromatic nitrogens is 1. The first-order valence-corrected chi connectivity index (χ1v) is 12.7. The Labute approximate surface area is 206 Å². The van der Waals surface area contributed by atoms with Gasteiger partial charge in [0.2, 0.25) is 11.8 Å². The highest BCUT2D eigenvalue weighted by Gasteiger charge is 2.36. The molecule has 0 saturated heterocycles. The van der Waals surface area contributed by atoms with Crippen LogP contribution in [-0.2, 0) is 9.53 Å². The molecular formula is C26H23N3O3S2. The Balaban J connectivity index is 1.33. The predicted octanol–water partition coefficient (Wildman–Crippen LogP) is 5.83. The highest BCUT2D eigenvalue weighted by molar-refractivity contribution is 8.00. The topological polar surface area (TPSA) is 72.8 Å². The van der Waals surface area contributed by atoms with Gasteiger partial charge in [0, 0.05) is 11.3 Å². The second kappa shape index (κ2) is 9.87. The summed E-state index contributed by atoms with van der Waals surface area (Å²) in [5, 5.41) is 3.81. The Kier molecular flexibility index (Phi) is 6.51. The molecule has 0 bridgehead atoms. The molecule has 2 heterocycles. The number of anilines is 1. The second-order valence-corrected chi connectivity index (χ2v) is 9.99. The lowest BCUT2D eigenvalue weighted by atomic mass is 10.1. The highest BCUT2D eigenvalue weighted by Crippen LogP contribution is 2.40. The molecule has 0 saturated carbocycles. The second-order valence-electron chi connectivity index (χ2n) is 7.84. The average molecular weight is 490 g/mol. The number of amides is 1. The van der Waals surface area contributed by atoms with Crippen LogP contribution in [-0.4, -0.2) is 35.1 Å². The van der Waals surface area contributed by atoms with E-state index in [0.717, 1.165) is 32.2 Å². The standard InChI is InChI=1S/C26H23N3O3S2/c1-16-7-9-17(10-8-16)24-29-23(25-28-20-5-3-4-6-21(20)34-25)26(32-24)33-15-22(30)27-18-11-13-19(31-2)14-12-18/h3-14,23,26H,15H2,1-2H3,(H,27,30)/t23-,26-/m1/s1. The van der Waals surface area contributed by atoms with E-state index in [0.29, 0.717) is 5.90 Å². The van der Waals surface area contributed by atoms with Gasteiger partial charge in [-0.05, 0) is 55.5 Å². The molecule has 1 aliphatic heterocycles. The lowest BCUT2D eigenvalue weighted by molar-refractivity contribution is -0.113. The number of nitrogens with zero attached hydrogens (tertiary/aromatic N) is 2. The fraction of sp³-hybridized carbons (Fsp3) is 0.192. The number of carbonyl (C=O) groups is 1. The van der Waals surface area contributed by atoms with Gasteiger partial charge in [0.05, 0.1) is 23.1 Å². The first-order valence-electron chi connectivity index (χ1n) is 10.8. The zero-order chi connectivity index (χ0) is 23.5. The van der Waals surface area contributed by atoms with Crippen LogP contribution in [0.25, 0.3) is 10.2 Å². The van der Waals surface area contributed by atoms with Gasteiger partial charge in [0.25, 0.3) is 0 Å². The van der Waals surface area contributed by atoms with E-state index in [-0.39, 0.29) is 23.1 Å². The van der Waals surface area contributed by atoms with Gasteiger partial charge < -0.3 is 14.8 Å². The van der Waals surface area contributed by atoms with E-state index in [2.05, 4.69) is 11.4 Å². The third-order valence-electron chi connectivity index (χ3n) is 5.36. The van der Waals surface area contributed by atoms with Crippen LogP contribution in [0.4, 0.5) is 5.69 Å². The molecule has 4 aromatic rings. The SMILES string of the molecule is COc1ccc(NC(=O)CS[C@H]2OC(c3ccc(C)cc3)=N[C@@H]2c2nc3ccccc3s2)cc1. The number of hydrogen-bond acceptors (Lipinski definition) is 7. The zero-order valence-electron chi connectivity index (χ0n) is 18.7. The van der Waals surface area contributed by atoms with Crippen molar-refractivity contribution in [1.29, 1.82) is 0 Å². The summed E-state index contributed by atoms with van der Waals surface area (Å²) < 4.78 is 12.5. The molecule has 3 aromatic carbocycles. The fourth-order valence-corrected chi connectivity index (χ4v) is 5.61. The van der Waals surface area contributed by atoms with Gasteiger partial charge in [-0.2, -0.15) is 0 Å². The summed E-state index contributed by atoms with van der Waals surface area (Å²) >= 11 is 3.04. The molecule has 0 aliphatic carbocycles. The van der Waals surface area contributed by atoms with Crippen LogP contribution in [0.1, 0.15) is 22.2 Å². The zero-order valence-corrected chi connectivity index (χ0v) is 20.4. The lowest BCUT2D eigenvalue weighted by Gasteiger charge is -2.15. The number of benzene rings is 3. The molecule has 8 heteroatoms. The van der Waals surface area contributed by atoms with Gasteiger partial charge in [-0.25, -0.2) is 9.98 Å². The van der Waals surface area contributed by atoms with E-state index in [1.807, 2.05) is 73.7 Å². The number of fused-ring (bicyclic) bond motifs is 1. The Morgan fingerprint density at radius 2 is 1.85 bits per heavy atom.